The number of benzene rings is 2. The van der Waals surface area contributed by atoms with E-state index in [1.54, 1.807) is 12.1 Å². The van der Waals surface area contributed by atoms with E-state index in [2.05, 4.69) is 31.9 Å². The summed E-state index contributed by atoms with van der Waals surface area (Å²) >= 11 is 6.80. The molecule has 0 heterocycles. The van der Waals surface area contributed by atoms with Crippen LogP contribution in [0.25, 0.3) is 0 Å². The molecule has 0 aliphatic carbocycles. The van der Waals surface area contributed by atoms with Gasteiger partial charge < -0.3 is 10.5 Å². The average molecular weight is 389 g/mol. The fraction of sp³-hybridized carbons (Fsp3) is 0.143. The van der Waals surface area contributed by atoms with Gasteiger partial charge in [-0.05, 0) is 51.8 Å². The topological polar surface area (TPSA) is 35.2 Å². The van der Waals surface area contributed by atoms with Gasteiger partial charge in [-0.1, -0.05) is 28.1 Å². The molecule has 5 heteroatoms. The van der Waals surface area contributed by atoms with Crippen LogP contribution in [0.5, 0.6) is 5.75 Å². The molecule has 2 N–H and O–H groups in total. The SMILES string of the molecule is NCC(Oc1ccc(Br)cc1Br)c1cccc(F)c1. The van der Waals surface area contributed by atoms with Crippen LogP contribution in [0.2, 0.25) is 0 Å². The highest BCUT2D eigenvalue weighted by molar-refractivity contribution is 9.11. The smallest absolute Gasteiger partial charge is 0.136 e. The highest BCUT2D eigenvalue weighted by Gasteiger charge is 2.14. The van der Waals surface area contributed by atoms with Gasteiger partial charge in [-0.3, -0.25) is 0 Å². The zero-order chi connectivity index (χ0) is 13.8. The van der Waals surface area contributed by atoms with Gasteiger partial charge in [0.1, 0.15) is 17.7 Å². The molecule has 100 valence electrons. The predicted molar refractivity (Wildman–Crippen MR) is 80.7 cm³/mol. The zero-order valence-electron chi connectivity index (χ0n) is 9.95. The van der Waals surface area contributed by atoms with E-state index in [4.69, 9.17) is 10.5 Å². The summed E-state index contributed by atoms with van der Waals surface area (Å²) in [5.74, 6) is 0.373. The second-order valence-electron chi connectivity index (χ2n) is 3.97. The number of ether oxygens (including phenoxy) is 1. The van der Waals surface area contributed by atoms with E-state index < -0.39 is 0 Å². The summed E-state index contributed by atoms with van der Waals surface area (Å²) in [5, 5.41) is 0. The lowest BCUT2D eigenvalue weighted by Gasteiger charge is -2.19. The van der Waals surface area contributed by atoms with Crippen LogP contribution in [0, 0.1) is 5.82 Å². The van der Waals surface area contributed by atoms with Gasteiger partial charge in [0.2, 0.25) is 0 Å². The van der Waals surface area contributed by atoms with E-state index >= 15 is 0 Å². The van der Waals surface area contributed by atoms with Crippen molar-refractivity contribution in [1.29, 1.82) is 0 Å². The Labute approximate surface area is 128 Å². The molecule has 0 aromatic heterocycles. The van der Waals surface area contributed by atoms with Gasteiger partial charge in [0.05, 0.1) is 4.47 Å². The maximum atomic E-state index is 13.2. The maximum absolute atomic E-state index is 13.2. The molecule has 0 fully saturated rings. The molecule has 2 aromatic carbocycles. The highest BCUT2D eigenvalue weighted by atomic mass is 79.9. The molecule has 0 aliphatic heterocycles. The number of hydrogen-bond donors (Lipinski definition) is 1. The molecule has 2 aromatic rings. The Balaban J connectivity index is 2.24. The van der Waals surface area contributed by atoms with Crippen LogP contribution in [-0.4, -0.2) is 6.54 Å². The first-order chi connectivity index (χ1) is 9.10. The lowest BCUT2D eigenvalue weighted by molar-refractivity contribution is 0.212. The summed E-state index contributed by atoms with van der Waals surface area (Å²) in [6, 6.07) is 11.9. The van der Waals surface area contributed by atoms with E-state index in [1.165, 1.54) is 12.1 Å². The van der Waals surface area contributed by atoms with Crippen molar-refractivity contribution in [2.24, 2.45) is 5.73 Å². The van der Waals surface area contributed by atoms with Crippen molar-refractivity contribution in [3.8, 4) is 5.75 Å². The van der Waals surface area contributed by atoms with E-state index in [1.807, 2.05) is 18.2 Å². The summed E-state index contributed by atoms with van der Waals surface area (Å²) in [4.78, 5) is 0. The summed E-state index contributed by atoms with van der Waals surface area (Å²) < 4.78 is 20.8. The molecule has 19 heavy (non-hydrogen) atoms. The third-order valence-electron chi connectivity index (χ3n) is 2.60. The highest BCUT2D eigenvalue weighted by Crippen LogP contribution is 2.31. The molecule has 0 bridgehead atoms. The van der Waals surface area contributed by atoms with Gasteiger partial charge in [-0.2, -0.15) is 0 Å². The number of hydrogen-bond acceptors (Lipinski definition) is 2. The minimum atomic E-state index is -0.381. The molecule has 0 amide bonds. The molecular formula is C14H12Br2FNO. The van der Waals surface area contributed by atoms with Crippen molar-refractivity contribution in [1.82, 2.24) is 0 Å². The van der Waals surface area contributed by atoms with Crippen molar-refractivity contribution in [3.05, 3.63) is 62.8 Å². The van der Waals surface area contributed by atoms with Crippen LogP contribution in [0.4, 0.5) is 4.39 Å². The lowest BCUT2D eigenvalue weighted by Crippen LogP contribution is -2.18. The van der Waals surface area contributed by atoms with Crippen molar-refractivity contribution >= 4 is 31.9 Å². The first kappa shape index (κ1) is 14.5. The average Bonchev–Trinajstić information content (AvgIpc) is 2.38. The van der Waals surface area contributed by atoms with Gasteiger partial charge in [0, 0.05) is 11.0 Å². The second-order valence-corrected chi connectivity index (χ2v) is 5.74. The van der Waals surface area contributed by atoms with Crippen LogP contribution >= 0.6 is 31.9 Å². The van der Waals surface area contributed by atoms with Crippen LogP contribution in [0.3, 0.4) is 0 Å². The second kappa shape index (κ2) is 6.50. The first-order valence-electron chi connectivity index (χ1n) is 5.67. The largest absolute Gasteiger partial charge is 0.483 e. The Morgan fingerprint density at radius 1 is 1.16 bits per heavy atom. The van der Waals surface area contributed by atoms with Crippen molar-refractivity contribution in [3.63, 3.8) is 0 Å². The molecule has 0 radical (unpaired) electrons. The van der Waals surface area contributed by atoms with Crippen molar-refractivity contribution < 1.29 is 9.13 Å². The Morgan fingerprint density at radius 3 is 2.58 bits per heavy atom. The number of rotatable bonds is 4. The Morgan fingerprint density at radius 2 is 1.95 bits per heavy atom. The quantitative estimate of drug-likeness (QED) is 0.840. The van der Waals surface area contributed by atoms with E-state index in [-0.39, 0.29) is 18.5 Å². The lowest BCUT2D eigenvalue weighted by atomic mass is 10.1. The summed E-state index contributed by atoms with van der Waals surface area (Å²) in [6.07, 6.45) is -0.381. The van der Waals surface area contributed by atoms with Crippen LogP contribution in [0.15, 0.2) is 51.4 Å². The molecular weight excluding hydrogens is 377 g/mol. The number of halogens is 3. The van der Waals surface area contributed by atoms with Gasteiger partial charge in [-0.15, -0.1) is 0 Å². The third kappa shape index (κ3) is 3.78. The molecule has 2 rings (SSSR count). The molecule has 2 nitrogen and oxygen atoms in total. The Bertz CT molecular complexity index is 577. The fourth-order valence-corrected chi connectivity index (χ4v) is 2.82. The normalized spacial score (nSPS) is 12.2. The summed E-state index contributed by atoms with van der Waals surface area (Å²) in [5.41, 5.74) is 6.43. The molecule has 0 spiro atoms. The Kier molecular flexibility index (Phi) is 4.96. The molecule has 0 saturated carbocycles. The molecule has 0 aliphatic rings. The standard InChI is InChI=1S/C14H12Br2FNO/c15-10-4-5-13(12(16)7-10)19-14(8-18)9-2-1-3-11(17)6-9/h1-7,14H,8,18H2. The van der Waals surface area contributed by atoms with E-state index in [0.29, 0.717) is 5.75 Å². The van der Waals surface area contributed by atoms with E-state index in [9.17, 15) is 4.39 Å². The predicted octanol–water partition coefficient (Wildman–Crippen LogP) is 4.43. The Hall–Kier alpha value is -0.910. The van der Waals surface area contributed by atoms with Gasteiger partial charge in [-0.25, -0.2) is 4.39 Å². The van der Waals surface area contributed by atoms with Gasteiger partial charge in [0.25, 0.3) is 0 Å². The number of nitrogens with two attached hydrogens (primary N) is 1. The first-order valence-corrected chi connectivity index (χ1v) is 7.26. The van der Waals surface area contributed by atoms with Gasteiger partial charge >= 0.3 is 0 Å². The molecule has 1 unspecified atom stereocenters. The van der Waals surface area contributed by atoms with Crippen molar-refractivity contribution in [2.45, 2.75) is 6.10 Å². The minimum absolute atomic E-state index is 0.270. The van der Waals surface area contributed by atoms with Crippen molar-refractivity contribution in [2.75, 3.05) is 6.54 Å². The van der Waals surface area contributed by atoms with Gasteiger partial charge in [0.15, 0.2) is 0 Å². The summed E-state index contributed by atoms with van der Waals surface area (Å²) in [7, 11) is 0. The monoisotopic (exact) mass is 387 g/mol. The van der Waals surface area contributed by atoms with Crippen LogP contribution in [0.1, 0.15) is 11.7 Å². The summed E-state index contributed by atoms with van der Waals surface area (Å²) in [6.45, 7) is 0.270. The molecule has 0 saturated heterocycles. The fourth-order valence-electron chi connectivity index (χ4n) is 1.68. The van der Waals surface area contributed by atoms with Crippen LogP contribution < -0.4 is 10.5 Å². The third-order valence-corrected chi connectivity index (χ3v) is 3.71. The molecule has 1 atom stereocenters. The van der Waals surface area contributed by atoms with Crippen LogP contribution in [-0.2, 0) is 0 Å². The zero-order valence-corrected chi connectivity index (χ0v) is 13.1. The minimum Gasteiger partial charge on any atom is -0.483 e. The van der Waals surface area contributed by atoms with E-state index in [0.717, 1.165) is 14.5 Å². The maximum Gasteiger partial charge on any atom is 0.136 e.